The number of nitrogens with zero attached hydrogens (tertiary/aromatic N) is 1. The van der Waals surface area contributed by atoms with Gasteiger partial charge in [-0.05, 0) is 66.8 Å². The molecule has 38 heavy (non-hydrogen) atoms. The molecule has 0 radical (unpaired) electrons. The smallest absolute Gasteiger partial charge is 0.344 e. The van der Waals surface area contributed by atoms with Gasteiger partial charge in [0.2, 0.25) is 5.91 Å². The van der Waals surface area contributed by atoms with E-state index < -0.39 is 35.5 Å². The number of ether oxygens (including phenoxy) is 2. The minimum atomic E-state index is -1.37. The lowest BCUT2D eigenvalue weighted by atomic mass is 10.0. The zero-order chi connectivity index (χ0) is 27.8. The van der Waals surface area contributed by atoms with Gasteiger partial charge in [-0.1, -0.05) is 31.2 Å². The largest absolute Gasteiger partial charge is 0.479 e. The lowest BCUT2D eigenvalue weighted by Crippen LogP contribution is -2.26. The van der Waals surface area contributed by atoms with Crippen LogP contribution in [0.2, 0.25) is 0 Å². The van der Waals surface area contributed by atoms with Crippen LogP contribution in [-0.2, 0) is 22.7 Å². The number of nitrogens with two attached hydrogens (primary N) is 1. The molecule has 3 rings (SSSR count). The maximum absolute atomic E-state index is 14.6. The summed E-state index contributed by atoms with van der Waals surface area (Å²) in [6.45, 7) is 5.47. The summed E-state index contributed by atoms with van der Waals surface area (Å²) in [5.74, 6) is -4.97. The highest BCUT2D eigenvalue weighted by molar-refractivity contribution is 5.92. The molecule has 8 nitrogen and oxygen atoms in total. The summed E-state index contributed by atoms with van der Waals surface area (Å²) >= 11 is 0. The van der Waals surface area contributed by atoms with E-state index in [1.165, 1.54) is 0 Å². The number of carboxylic acids is 1. The number of pyridine rings is 1. The summed E-state index contributed by atoms with van der Waals surface area (Å²) in [6, 6.07) is 13.1. The lowest BCUT2D eigenvalue weighted by Gasteiger charge is -2.15. The fraction of sp³-hybridized carbons (Fsp3) is 0.250. The first-order valence-corrected chi connectivity index (χ1v) is 11.9. The Bertz CT molecular complexity index is 1360. The topological polar surface area (TPSA) is 124 Å². The van der Waals surface area contributed by atoms with Gasteiger partial charge in [0.1, 0.15) is 5.75 Å². The summed E-state index contributed by atoms with van der Waals surface area (Å²) in [5.41, 5.74) is 9.36. The fourth-order valence-electron chi connectivity index (χ4n) is 3.46. The molecule has 3 aromatic rings. The van der Waals surface area contributed by atoms with E-state index in [0.29, 0.717) is 29.3 Å². The van der Waals surface area contributed by atoms with Gasteiger partial charge in [-0.2, -0.15) is 4.98 Å². The molecule has 0 bridgehead atoms. The molecule has 1 aromatic heterocycles. The predicted octanol–water partition coefficient (Wildman–Crippen LogP) is 5.10. The number of nitrogens with one attached hydrogen (secondary N) is 1. The molecule has 0 aliphatic carbocycles. The van der Waals surface area contributed by atoms with E-state index in [1.54, 1.807) is 39.0 Å². The Morgan fingerprint density at radius 2 is 1.79 bits per heavy atom. The molecule has 0 aliphatic rings. The second-order valence-electron chi connectivity index (χ2n) is 8.44. The van der Waals surface area contributed by atoms with E-state index in [2.05, 4.69) is 10.3 Å². The van der Waals surface area contributed by atoms with Gasteiger partial charge in [0.15, 0.2) is 17.7 Å². The number of halogens is 2. The van der Waals surface area contributed by atoms with Crippen LogP contribution in [0, 0.1) is 11.6 Å². The van der Waals surface area contributed by atoms with Crippen LogP contribution in [0.4, 0.5) is 8.78 Å². The minimum Gasteiger partial charge on any atom is -0.479 e. The highest BCUT2D eigenvalue weighted by Gasteiger charge is 2.22. The van der Waals surface area contributed by atoms with Gasteiger partial charge in [-0.25, -0.2) is 13.6 Å². The molecule has 0 aliphatic heterocycles. The zero-order valence-electron chi connectivity index (χ0n) is 21.3. The van der Waals surface area contributed by atoms with Crippen LogP contribution < -0.4 is 20.5 Å². The second kappa shape index (κ2) is 12.8. The molecule has 1 unspecified atom stereocenters. The fourth-order valence-corrected chi connectivity index (χ4v) is 3.46. The summed E-state index contributed by atoms with van der Waals surface area (Å²) in [5, 5.41) is 12.0. The Kier molecular flexibility index (Phi) is 9.50. The molecule has 0 saturated heterocycles. The molecular formula is C28H29F2N3O5. The van der Waals surface area contributed by atoms with Crippen molar-refractivity contribution in [2.24, 2.45) is 5.73 Å². The predicted molar refractivity (Wildman–Crippen MR) is 138 cm³/mol. The molecular weight excluding hydrogens is 496 g/mol. The highest BCUT2D eigenvalue weighted by atomic mass is 19.1. The van der Waals surface area contributed by atoms with E-state index in [4.69, 9.17) is 15.2 Å². The van der Waals surface area contributed by atoms with E-state index in [9.17, 15) is 23.5 Å². The number of allylic oxidation sites excluding steroid dienone is 1. The van der Waals surface area contributed by atoms with Crippen molar-refractivity contribution in [1.29, 1.82) is 0 Å². The van der Waals surface area contributed by atoms with Crippen molar-refractivity contribution in [3.05, 3.63) is 82.9 Å². The van der Waals surface area contributed by atoms with Crippen molar-refractivity contribution in [3.8, 4) is 28.6 Å². The standard InChI is InChI=1S/C28H29F2N3O5/c1-4-16(3)25(34)32-15-18-10-20(19-8-6-7-17(9-19)14-31)12-21(11-18)37-26-22(29)13-23(30)27(33-26)38-24(5-2)28(35)36/h4,6-13,24H,5,14-15,31H2,1-3H3,(H,32,34)(H,35,36)/b16-4+. The summed E-state index contributed by atoms with van der Waals surface area (Å²) in [7, 11) is 0. The molecule has 0 fully saturated rings. The van der Waals surface area contributed by atoms with E-state index >= 15 is 0 Å². The van der Waals surface area contributed by atoms with Crippen molar-refractivity contribution in [2.45, 2.75) is 46.4 Å². The van der Waals surface area contributed by atoms with Crippen LogP contribution in [0.5, 0.6) is 17.5 Å². The van der Waals surface area contributed by atoms with Crippen LogP contribution in [0.3, 0.4) is 0 Å². The number of rotatable bonds is 11. The van der Waals surface area contributed by atoms with E-state index in [0.717, 1.165) is 11.1 Å². The third kappa shape index (κ3) is 7.13. The number of benzene rings is 2. The van der Waals surface area contributed by atoms with Gasteiger partial charge in [-0.15, -0.1) is 0 Å². The summed E-state index contributed by atoms with van der Waals surface area (Å²) in [6.07, 6.45) is 0.356. The Morgan fingerprint density at radius 3 is 2.45 bits per heavy atom. The van der Waals surface area contributed by atoms with Crippen molar-refractivity contribution in [2.75, 3.05) is 0 Å². The molecule has 4 N–H and O–H groups in total. The van der Waals surface area contributed by atoms with Crippen molar-refractivity contribution in [3.63, 3.8) is 0 Å². The Labute approximate surface area is 219 Å². The number of carbonyl (C=O) groups excluding carboxylic acids is 1. The van der Waals surface area contributed by atoms with Crippen LogP contribution in [0.15, 0.2) is 60.2 Å². The zero-order valence-corrected chi connectivity index (χ0v) is 21.3. The number of carboxylic acid groups (broad SMARTS) is 1. The number of carbonyl (C=O) groups is 2. The van der Waals surface area contributed by atoms with Crippen LogP contribution >= 0.6 is 0 Å². The molecule has 1 amide bonds. The molecule has 2 aromatic carbocycles. The van der Waals surface area contributed by atoms with Crippen LogP contribution in [0.25, 0.3) is 11.1 Å². The minimum absolute atomic E-state index is 0.0374. The monoisotopic (exact) mass is 525 g/mol. The third-order valence-electron chi connectivity index (χ3n) is 5.69. The second-order valence-corrected chi connectivity index (χ2v) is 8.44. The normalized spacial score (nSPS) is 12.1. The number of hydrogen-bond donors (Lipinski definition) is 3. The molecule has 0 saturated carbocycles. The Morgan fingerprint density at radius 1 is 1.08 bits per heavy atom. The Hall–Kier alpha value is -4.31. The number of aromatic nitrogens is 1. The van der Waals surface area contributed by atoms with Crippen molar-refractivity contribution < 1.29 is 33.0 Å². The maximum atomic E-state index is 14.6. The van der Waals surface area contributed by atoms with Gasteiger partial charge in [0, 0.05) is 24.7 Å². The Balaban J connectivity index is 2.00. The summed E-state index contributed by atoms with van der Waals surface area (Å²) in [4.78, 5) is 27.3. The van der Waals surface area contributed by atoms with Gasteiger partial charge < -0.3 is 25.6 Å². The number of aliphatic carboxylic acids is 1. The van der Waals surface area contributed by atoms with Gasteiger partial charge in [0.05, 0.1) is 0 Å². The van der Waals surface area contributed by atoms with E-state index in [1.807, 2.05) is 30.3 Å². The quantitative estimate of drug-likeness (QED) is 0.298. The highest BCUT2D eigenvalue weighted by Crippen LogP contribution is 2.32. The SMILES string of the molecule is C/C=C(\C)C(=O)NCc1cc(Oc2nc(OC(CC)C(=O)O)c(F)cc2F)cc(-c2cccc(CN)c2)c1. The molecule has 1 atom stereocenters. The first kappa shape index (κ1) is 28.3. The number of amides is 1. The first-order valence-electron chi connectivity index (χ1n) is 11.9. The molecule has 0 spiro atoms. The first-order chi connectivity index (χ1) is 18.1. The molecule has 200 valence electrons. The van der Waals surface area contributed by atoms with Gasteiger partial charge in [-0.3, -0.25) is 4.79 Å². The average Bonchev–Trinajstić information content (AvgIpc) is 2.91. The molecule has 10 heteroatoms. The van der Waals surface area contributed by atoms with Crippen molar-refractivity contribution >= 4 is 11.9 Å². The lowest BCUT2D eigenvalue weighted by molar-refractivity contribution is -0.145. The summed E-state index contributed by atoms with van der Waals surface area (Å²) < 4.78 is 39.7. The van der Waals surface area contributed by atoms with Crippen LogP contribution in [-0.4, -0.2) is 28.1 Å². The van der Waals surface area contributed by atoms with Gasteiger partial charge in [0.25, 0.3) is 11.8 Å². The average molecular weight is 526 g/mol. The van der Waals surface area contributed by atoms with Crippen LogP contribution in [0.1, 0.15) is 38.3 Å². The van der Waals surface area contributed by atoms with Gasteiger partial charge >= 0.3 is 5.97 Å². The molecule has 1 heterocycles. The van der Waals surface area contributed by atoms with E-state index in [-0.39, 0.29) is 24.6 Å². The third-order valence-corrected chi connectivity index (χ3v) is 5.69. The maximum Gasteiger partial charge on any atom is 0.344 e. The number of hydrogen-bond acceptors (Lipinski definition) is 6. The van der Waals surface area contributed by atoms with Crippen molar-refractivity contribution in [1.82, 2.24) is 10.3 Å².